The standard InChI is InChI=1S/C22H26N2O6S/c1-28-18-7-9-20(10-8-18)31(26,27)24-15-16-30-22(24)11-13-23(14-12-22)21(25)17-29-19-5-3-2-4-6-19/h2-10H,11-17H2,1H3. The summed E-state index contributed by atoms with van der Waals surface area (Å²) >= 11 is 0. The molecule has 1 spiro atoms. The van der Waals surface area contributed by atoms with Gasteiger partial charge in [0, 0.05) is 32.5 Å². The van der Waals surface area contributed by atoms with Gasteiger partial charge in [-0.25, -0.2) is 8.42 Å². The lowest BCUT2D eigenvalue weighted by atomic mass is 10.0. The number of sulfonamides is 1. The Hall–Kier alpha value is -2.62. The molecule has 0 aliphatic carbocycles. The van der Waals surface area contributed by atoms with Crippen LogP contribution in [0.25, 0.3) is 0 Å². The monoisotopic (exact) mass is 446 g/mol. The smallest absolute Gasteiger partial charge is 0.260 e. The van der Waals surface area contributed by atoms with Gasteiger partial charge in [0.05, 0.1) is 18.6 Å². The average Bonchev–Trinajstić information content (AvgIpc) is 3.22. The maximum Gasteiger partial charge on any atom is 0.260 e. The number of carbonyl (C=O) groups excluding carboxylic acids is 1. The minimum absolute atomic E-state index is 0.0499. The molecule has 2 saturated heterocycles. The molecule has 2 aromatic rings. The highest BCUT2D eigenvalue weighted by Gasteiger charge is 2.50. The van der Waals surface area contributed by atoms with E-state index in [1.165, 1.54) is 11.4 Å². The van der Waals surface area contributed by atoms with E-state index in [-0.39, 0.29) is 17.4 Å². The SMILES string of the molecule is COc1ccc(S(=O)(=O)N2CCOC23CCN(C(=O)COc2ccccc2)CC3)cc1. The summed E-state index contributed by atoms with van der Waals surface area (Å²) in [6.07, 6.45) is 0.832. The van der Waals surface area contributed by atoms with Crippen molar-refractivity contribution in [3.8, 4) is 11.5 Å². The molecule has 0 N–H and O–H groups in total. The summed E-state index contributed by atoms with van der Waals surface area (Å²) in [4.78, 5) is 14.5. The van der Waals surface area contributed by atoms with Crippen molar-refractivity contribution >= 4 is 15.9 Å². The van der Waals surface area contributed by atoms with Gasteiger partial charge in [0.15, 0.2) is 6.61 Å². The van der Waals surface area contributed by atoms with Crippen LogP contribution in [0.1, 0.15) is 12.8 Å². The normalized spacial score (nSPS) is 18.8. The number of hydrogen-bond donors (Lipinski definition) is 0. The van der Waals surface area contributed by atoms with Crippen LogP contribution < -0.4 is 9.47 Å². The maximum absolute atomic E-state index is 13.3. The zero-order valence-electron chi connectivity index (χ0n) is 17.4. The molecule has 4 rings (SSSR count). The molecule has 9 heteroatoms. The lowest BCUT2D eigenvalue weighted by Crippen LogP contribution is -2.56. The van der Waals surface area contributed by atoms with Gasteiger partial charge in [-0.2, -0.15) is 4.31 Å². The van der Waals surface area contributed by atoms with Gasteiger partial charge in [-0.15, -0.1) is 0 Å². The minimum Gasteiger partial charge on any atom is -0.497 e. The highest BCUT2D eigenvalue weighted by atomic mass is 32.2. The number of para-hydroxylation sites is 1. The first kappa shape index (κ1) is 21.6. The lowest BCUT2D eigenvalue weighted by molar-refractivity contribution is -0.142. The quantitative estimate of drug-likeness (QED) is 0.676. The molecule has 2 heterocycles. The molecular weight excluding hydrogens is 420 g/mol. The highest BCUT2D eigenvalue weighted by Crippen LogP contribution is 2.38. The number of benzene rings is 2. The molecule has 0 radical (unpaired) electrons. The van der Waals surface area contributed by atoms with Crippen LogP contribution in [0.5, 0.6) is 11.5 Å². The highest BCUT2D eigenvalue weighted by molar-refractivity contribution is 7.89. The Kier molecular flexibility index (Phi) is 6.17. The Labute approximate surface area is 182 Å². The van der Waals surface area contributed by atoms with Crippen molar-refractivity contribution in [1.82, 2.24) is 9.21 Å². The fourth-order valence-corrected chi connectivity index (χ4v) is 5.78. The molecule has 2 aliphatic rings. The molecule has 31 heavy (non-hydrogen) atoms. The fraction of sp³-hybridized carbons (Fsp3) is 0.409. The topological polar surface area (TPSA) is 85.4 Å². The van der Waals surface area contributed by atoms with Crippen LogP contribution in [-0.4, -0.2) is 69.2 Å². The molecule has 0 bridgehead atoms. The van der Waals surface area contributed by atoms with Crippen LogP contribution >= 0.6 is 0 Å². The molecule has 2 fully saturated rings. The van der Waals surface area contributed by atoms with Gasteiger partial charge in [-0.05, 0) is 36.4 Å². The van der Waals surface area contributed by atoms with E-state index in [2.05, 4.69) is 0 Å². The summed E-state index contributed by atoms with van der Waals surface area (Å²) in [5.41, 5.74) is -0.921. The van der Waals surface area contributed by atoms with Crippen LogP contribution in [0.15, 0.2) is 59.5 Å². The molecule has 166 valence electrons. The van der Waals surface area contributed by atoms with E-state index in [1.54, 1.807) is 41.3 Å². The molecule has 2 aromatic carbocycles. The van der Waals surface area contributed by atoms with Crippen molar-refractivity contribution < 1.29 is 27.4 Å². The van der Waals surface area contributed by atoms with Gasteiger partial charge in [0.25, 0.3) is 5.91 Å². The second kappa shape index (κ2) is 8.86. The molecule has 0 aromatic heterocycles. The zero-order valence-corrected chi connectivity index (χ0v) is 18.2. The van der Waals surface area contributed by atoms with E-state index in [0.717, 1.165) is 0 Å². The van der Waals surface area contributed by atoms with Crippen LogP contribution in [-0.2, 0) is 19.6 Å². The van der Waals surface area contributed by atoms with E-state index >= 15 is 0 Å². The predicted molar refractivity (Wildman–Crippen MR) is 113 cm³/mol. The summed E-state index contributed by atoms with van der Waals surface area (Å²) in [7, 11) is -2.20. The summed E-state index contributed by atoms with van der Waals surface area (Å²) in [5, 5.41) is 0. The third-order valence-electron chi connectivity index (χ3n) is 5.77. The van der Waals surface area contributed by atoms with Crippen LogP contribution in [0.3, 0.4) is 0 Å². The van der Waals surface area contributed by atoms with E-state index < -0.39 is 15.7 Å². The Morgan fingerprint density at radius 1 is 1.00 bits per heavy atom. The predicted octanol–water partition coefficient (Wildman–Crippen LogP) is 2.11. The minimum atomic E-state index is -3.73. The Morgan fingerprint density at radius 3 is 2.32 bits per heavy atom. The number of hydrogen-bond acceptors (Lipinski definition) is 6. The van der Waals surface area contributed by atoms with Crippen molar-refractivity contribution in [1.29, 1.82) is 0 Å². The second-order valence-corrected chi connectivity index (χ2v) is 9.39. The van der Waals surface area contributed by atoms with E-state index in [0.29, 0.717) is 50.6 Å². The Bertz CT molecular complexity index is 1000. The number of likely N-dealkylation sites (tertiary alicyclic amines) is 1. The first-order valence-corrected chi connectivity index (χ1v) is 11.7. The number of nitrogens with zero attached hydrogens (tertiary/aromatic N) is 2. The second-order valence-electron chi connectivity index (χ2n) is 7.53. The number of rotatable bonds is 6. The summed E-state index contributed by atoms with van der Waals surface area (Å²) < 4.78 is 44.6. The first-order chi connectivity index (χ1) is 14.9. The van der Waals surface area contributed by atoms with Crippen LogP contribution in [0, 0.1) is 0 Å². The van der Waals surface area contributed by atoms with Crippen molar-refractivity contribution in [2.24, 2.45) is 0 Å². The molecular formula is C22H26N2O6S. The van der Waals surface area contributed by atoms with Gasteiger partial charge in [-0.1, -0.05) is 18.2 Å². The van der Waals surface area contributed by atoms with Gasteiger partial charge >= 0.3 is 0 Å². The summed E-state index contributed by atoms with van der Waals surface area (Å²) in [5.74, 6) is 1.11. The molecule has 1 amide bonds. The van der Waals surface area contributed by atoms with E-state index in [9.17, 15) is 13.2 Å². The maximum atomic E-state index is 13.3. The number of methoxy groups -OCH3 is 1. The van der Waals surface area contributed by atoms with E-state index in [4.69, 9.17) is 14.2 Å². The van der Waals surface area contributed by atoms with Gasteiger partial charge < -0.3 is 19.1 Å². The van der Waals surface area contributed by atoms with E-state index in [1.807, 2.05) is 18.2 Å². The molecule has 0 saturated carbocycles. The lowest BCUT2D eigenvalue weighted by Gasteiger charge is -2.42. The van der Waals surface area contributed by atoms with Crippen molar-refractivity contribution in [2.45, 2.75) is 23.5 Å². The third kappa shape index (κ3) is 4.39. The van der Waals surface area contributed by atoms with Gasteiger partial charge in [0.1, 0.15) is 17.2 Å². The average molecular weight is 447 g/mol. The van der Waals surface area contributed by atoms with Crippen molar-refractivity contribution in [2.75, 3.05) is 40.0 Å². The number of piperidine rings is 1. The fourth-order valence-electron chi connectivity index (χ4n) is 4.06. The zero-order chi connectivity index (χ0) is 21.9. The van der Waals surface area contributed by atoms with Crippen LogP contribution in [0.4, 0.5) is 0 Å². The number of amides is 1. The van der Waals surface area contributed by atoms with Gasteiger partial charge in [-0.3, -0.25) is 4.79 Å². The molecule has 2 aliphatic heterocycles. The molecule has 8 nitrogen and oxygen atoms in total. The number of ether oxygens (including phenoxy) is 3. The largest absolute Gasteiger partial charge is 0.497 e. The third-order valence-corrected chi connectivity index (χ3v) is 7.73. The first-order valence-electron chi connectivity index (χ1n) is 10.2. The van der Waals surface area contributed by atoms with Crippen molar-refractivity contribution in [3.05, 3.63) is 54.6 Å². The Morgan fingerprint density at radius 2 is 1.68 bits per heavy atom. The van der Waals surface area contributed by atoms with Crippen molar-refractivity contribution in [3.63, 3.8) is 0 Å². The van der Waals surface area contributed by atoms with Crippen LogP contribution in [0.2, 0.25) is 0 Å². The van der Waals surface area contributed by atoms with Gasteiger partial charge in [0.2, 0.25) is 10.0 Å². The summed E-state index contributed by atoms with van der Waals surface area (Å²) in [6, 6.07) is 15.5. The number of carbonyl (C=O) groups is 1. The molecule has 0 unspecified atom stereocenters. The summed E-state index contributed by atoms with van der Waals surface area (Å²) in [6.45, 7) is 1.39. The Balaban J connectivity index is 1.41. The molecule has 0 atom stereocenters.